The second-order valence-electron chi connectivity index (χ2n) is 7.42. The zero-order chi connectivity index (χ0) is 14.5. The van der Waals surface area contributed by atoms with E-state index in [1.54, 1.807) is 0 Å². The first kappa shape index (κ1) is 15.1. The summed E-state index contributed by atoms with van der Waals surface area (Å²) in [6.45, 7) is 6.29. The first-order valence-corrected chi connectivity index (χ1v) is 9.43. The molecule has 6 atom stereocenters. The Bertz CT molecular complexity index is 406. The molecule has 0 aromatic rings. The fourth-order valence-corrected chi connectivity index (χ4v) is 5.35. The van der Waals surface area contributed by atoms with Crippen LogP contribution in [0.25, 0.3) is 0 Å². The van der Waals surface area contributed by atoms with Crippen molar-refractivity contribution in [1.29, 1.82) is 0 Å². The van der Waals surface area contributed by atoms with Gasteiger partial charge in [0.05, 0.1) is 0 Å². The van der Waals surface area contributed by atoms with Gasteiger partial charge in [0.15, 0.2) is 0 Å². The van der Waals surface area contributed by atoms with Gasteiger partial charge in [-0.3, -0.25) is 4.79 Å². The summed E-state index contributed by atoms with van der Waals surface area (Å²) < 4.78 is 5.84. The van der Waals surface area contributed by atoms with E-state index in [2.05, 4.69) is 36.4 Å². The van der Waals surface area contributed by atoms with Crippen LogP contribution in [0.2, 0.25) is 0 Å². The minimum Gasteiger partial charge on any atom is -0.458 e. The maximum atomic E-state index is 12.6. The van der Waals surface area contributed by atoms with E-state index in [1.165, 1.54) is 25.7 Å². The van der Waals surface area contributed by atoms with Crippen LogP contribution in [0.15, 0.2) is 0 Å². The SMILES string of the molecule is CCC(C)(I)C(=O)OC1(CC)CC2CC1C1CCCC21. The van der Waals surface area contributed by atoms with E-state index >= 15 is 0 Å². The highest BCUT2D eigenvalue weighted by Crippen LogP contribution is 2.64. The monoisotopic (exact) mass is 390 g/mol. The van der Waals surface area contributed by atoms with Gasteiger partial charge in [0.1, 0.15) is 9.02 Å². The van der Waals surface area contributed by atoms with Crippen LogP contribution in [0.1, 0.15) is 65.7 Å². The molecular formula is C17H27IO2. The van der Waals surface area contributed by atoms with Gasteiger partial charge in [0.25, 0.3) is 0 Å². The molecule has 0 radical (unpaired) electrons. The third-order valence-corrected chi connectivity index (χ3v) is 7.77. The van der Waals surface area contributed by atoms with Crippen LogP contribution in [0.3, 0.4) is 0 Å². The summed E-state index contributed by atoms with van der Waals surface area (Å²) in [5.41, 5.74) is -0.130. The van der Waals surface area contributed by atoms with Gasteiger partial charge in [-0.15, -0.1) is 0 Å². The first-order valence-electron chi connectivity index (χ1n) is 8.36. The predicted molar refractivity (Wildman–Crippen MR) is 88.9 cm³/mol. The maximum absolute atomic E-state index is 12.6. The van der Waals surface area contributed by atoms with Crippen LogP contribution >= 0.6 is 22.6 Å². The van der Waals surface area contributed by atoms with Crippen molar-refractivity contribution < 1.29 is 9.53 Å². The Labute approximate surface area is 136 Å². The lowest BCUT2D eigenvalue weighted by Gasteiger charge is -2.43. The standard InChI is InChI=1S/C17H27IO2/c1-4-16(3,18)15(19)20-17(5-2)10-11-9-14(17)13-8-6-7-12(11)13/h11-14H,4-10H2,1-3H3. The van der Waals surface area contributed by atoms with Crippen LogP contribution < -0.4 is 0 Å². The van der Waals surface area contributed by atoms with Crippen LogP contribution in [0, 0.1) is 23.7 Å². The zero-order valence-corrected chi connectivity index (χ0v) is 15.1. The largest absolute Gasteiger partial charge is 0.458 e. The lowest BCUT2D eigenvalue weighted by molar-refractivity contribution is -0.172. The van der Waals surface area contributed by atoms with Gasteiger partial charge in [-0.2, -0.15) is 0 Å². The van der Waals surface area contributed by atoms with Crippen LogP contribution in [0.5, 0.6) is 0 Å². The molecule has 6 unspecified atom stereocenters. The molecule has 0 N–H and O–H groups in total. The topological polar surface area (TPSA) is 26.3 Å². The molecule has 2 nitrogen and oxygen atoms in total. The van der Waals surface area contributed by atoms with Crippen molar-refractivity contribution in [3.8, 4) is 0 Å². The van der Waals surface area contributed by atoms with Crippen molar-refractivity contribution in [1.82, 2.24) is 0 Å². The Morgan fingerprint density at radius 3 is 2.70 bits per heavy atom. The number of hydrogen-bond donors (Lipinski definition) is 0. The molecule has 0 spiro atoms. The molecule has 3 saturated carbocycles. The third-order valence-electron chi connectivity index (χ3n) is 6.57. The molecule has 3 aliphatic rings. The van der Waals surface area contributed by atoms with E-state index in [0.717, 1.165) is 37.0 Å². The molecule has 0 aliphatic heterocycles. The minimum absolute atomic E-state index is 0.0181. The Hall–Kier alpha value is 0.200. The molecule has 0 amide bonds. The average molecular weight is 390 g/mol. The number of hydrogen-bond acceptors (Lipinski definition) is 2. The Morgan fingerprint density at radius 2 is 2.05 bits per heavy atom. The number of ether oxygens (including phenoxy) is 1. The smallest absolute Gasteiger partial charge is 0.322 e. The maximum Gasteiger partial charge on any atom is 0.322 e. The summed E-state index contributed by atoms with van der Waals surface area (Å²) in [5, 5.41) is 0. The normalized spacial score (nSPS) is 45.2. The van der Waals surface area contributed by atoms with Crippen molar-refractivity contribution in [2.45, 2.75) is 74.7 Å². The molecule has 3 fully saturated rings. The van der Waals surface area contributed by atoms with Crippen molar-refractivity contribution in [3.63, 3.8) is 0 Å². The molecule has 0 aromatic heterocycles. The van der Waals surface area contributed by atoms with E-state index < -0.39 is 0 Å². The molecular weight excluding hydrogens is 363 g/mol. The van der Waals surface area contributed by atoms with Gasteiger partial charge in [-0.1, -0.05) is 42.9 Å². The number of alkyl halides is 1. The minimum atomic E-state index is -0.364. The third kappa shape index (κ3) is 2.14. The van der Waals surface area contributed by atoms with Gasteiger partial charge in [0, 0.05) is 5.92 Å². The molecule has 0 saturated heterocycles. The first-order chi connectivity index (χ1) is 9.43. The summed E-state index contributed by atoms with van der Waals surface area (Å²) in [4.78, 5) is 12.6. The Morgan fingerprint density at radius 1 is 1.35 bits per heavy atom. The highest BCUT2D eigenvalue weighted by molar-refractivity contribution is 14.1. The number of carbonyl (C=O) groups is 1. The second-order valence-corrected chi connectivity index (χ2v) is 9.80. The van der Waals surface area contributed by atoms with Gasteiger partial charge >= 0.3 is 5.97 Å². The Kier molecular flexibility index (Phi) is 3.88. The highest BCUT2D eigenvalue weighted by atomic mass is 127. The second kappa shape index (κ2) is 5.13. The summed E-state index contributed by atoms with van der Waals surface area (Å²) >= 11 is 2.26. The van der Waals surface area contributed by atoms with E-state index in [0.29, 0.717) is 5.92 Å². The van der Waals surface area contributed by atoms with Gasteiger partial charge < -0.3 is 4.74 Å². The fourth-order valence-electron chi connectivity index (χ4n) is 5.24. The lowest BCUT2D eigenvalue weighted by Crippen LogP contribution is -2.47. The van der Waals surface area contributed by atoms with Gasteiger partial charge in [-0.25, -0.2) is 0 Å². The predicted octanol–water partition coefficient (Wildman–Crippen LogP) is 4.74. The van der Waals surface area contributed by atoms with E-state index in [4.69, 9.17) is 4.74 Å². The van der Waals surface area contributed by atoms with Crippen molar-refractivity contribution in [2.75, 3.05) is 0 Å². The molecule has 3 heteroatoms. The van der Waals surface area contributed by atoms with E-state index in [-0.39, 0.29) is 15.0 Å². The van der Waals surface area contributed by atoms with E-state index in [1.807, 2.05) is 6.92 Å². The number of carbonyl (C=O) groups excluding carboxylic acids is 1. The highest BCUT2D eigenvalue weighted by Gasteiger charge is 2.62. The summed E-state index contributed by atoms with van der Waals surface area (Å²) in [5.74, 6) is 3.31. The molecule has 3 aliphatic carbocycles. The molecule has 20 heavy (non-hydrogen) atoms. The van der Waals surface area contributed by atoms with Crippen molar-refractivity contribution in [3.05, 3.63) is 0 Å². The van der Waals surface area contributed by atoms with Crippen LogP contribution in [-0.2, 0) is 9.53 Å². The quantitative estimate of drug-likeness (QED) is 0.394. The summed E-state index contributed by atoms with van der Waals surface area (Å²) in [6, 6.07) is 0. The van der Waals surface area contributed by atoms with E-state index in [9.17, 15) is 4.79 Å². The molecule has 114 valence electrons. The molecule has 0 aromatic carbocycles. The van der Waals surface area contributed by atoms with Gasteiger partial charge in [0.2, 0.25) is 0 Å². The van der Waals surface area contributed by atoms with Crippen molar-refractivity contribution in [2.24, 2.45) is 23.7 Å². The number of esters is 1. The number of rotatable bonds is 4. The fraction of sp³-hybridized carbons (Fsp3) is 0.941. The molecule has 3 rings (SSSR count). The molecule has 2 bridgehead atoms. The van der Waals surface area contributed by atoms with Crippen LogP contribution in [-0.4, -0.2) is 15.0 Å². The summed E-state index contributed by atoms with van der Waals surface area (Å²) in [6.07, 6.45) is 8.50. The van der Waals surface area contributed by atoms with Crippen LogP contribution in [0.4, 0.5) is 0 Å². The average Bonchev–Trinajstić information content (AvgIpc) is 3.09. The number of halogens is 1. The number of fused-ring (bicyclic) bond motifs is 5. The van der Waals surface area contributed by atoms with Crippen molar-refractivity contribution >= 4 is 28.6 Å². The molecule has 0 heterocycles. The Balaban J connectivity index is 1.79. The lowest BCUT2D eigenvalue weighted by atomic mass is 9.71. The van der Waals surface area contributed by atoms with Gasteiger partial charge in [-0.05, 0) is 63.2 Å². The zero-order valence-electron chi connectivity index (χ0n) is 13.0. The summed E-state index contributed by atoms with van der Waals surface area (Å²) in [7, 11) is 0.